The Morgan fingerprint density at radius 2 is 2.00 bits per heavy atom. The fourth-order valence-electron chi connectivity index (χ4n) is 2.10. The first-order valence-electron chi connectivity index (χ1n) is 5.72. The Balaban J connectivity index is 2.03. The Bertz CT molecular complexity index is 437. The van der Waals surface area contributed by atoms with Gasteiger partial charge in [0, 0.05) is 6.42 Å². The summed E-state index contributed by atoms with van der Waals surface area (Å²) < 4.78 is 0. The molecule has 1 aromatic rings. The molecule has 2 rings (SSSR count). The molecule has 1 amide bonds. The summed E-state index contributed by atoms with van der Waals surface area (Å²) in [4.78, 5) is 19.5. The van der Waals surface area contributed by atoms with E-state index in [1.807, 2.05) is 0 Å². The lowest BCUT2D eigenvalue weighted by molar-refractivity contribution is -0.119. The topological polar surface area (TPSA) is 80.9 Å². The third-order valence-corrected chi connectivity index (χ3v) is 3.98. The Labute approximate surface area is 115 Å². The zero-order valence-electron chi connectivity index (χ0n) is 9.75. The maximum atomic E-state index is 11.9. The van der Waals surface area contributed by atoms with Crippen LogP contribution in [0.3, 0.4) is 0 Å². The lowest BCUT2D eigenvalue weighted by Gasteiger charge is -2.40. The lowest BCUT2D eigenvalue weighted by Crippen LogP contribution is -2.40. The molecule has 1 saturated carbocycles. The molecule has 7 heteroatoms. The standard InChI is InChI=1S/C11H14Cl2N4O/c12-9-8(10(13)16-6-15-9)17-7(18)4-11(5-14)2-1-3-11/h6H,1-5,14H2,(H,17,18). The zero-order valence-corrected chi connectivity index (χ0v) is 11.3. The molecule has 0 atom stereocenters. The van der Waals surface area contributed by atoms with Crippen molar-refractivity contribution in [2.45, 2.75) is 25.7 Å². The zero-order chi connectivity index (χ0) is 13.2. The molecule has 5 nitrogen and oxygen atoms in total. The number of anilines is 1. The van der Waals surface area contributed by atoms with Crippen molar-refractivity contribution >= 4 is 34.8 Å². The second kappa shape index (κ2) is 5.38. The largest absolute Gasteiger partial charge is 0.330 e. The van der Waals surface area contributed by atoms with E-state index in [-0.39, 0.29) is 27.3 Å². The first kappa shape index (κ1) is 13.5. The number of nitrogens with zero attached hydrogens (tertiary/aromatic N) is 2. The Morgan fingerprint density at radius 3 is 2.44 bits per heavy atom. The van der Waals surface area contributed by atoms with E-state index < -0.39 is 0 Å². The first-order chi connectivity index (χ1) is 8.56. The van der Waals surface area contributed by atoms with Crippen LogP contribution in [-0.4, -0.2) is 22.4 Å². The van der Waals surface area contributed by atoms with Crippen molar-refractivity contribution in [2.75, 3.05) is 11.9 Å². The van der Waals surface area contributed by atoms with Gasteiger partial charge < -0.3 is 11.1 Å². The van der Waals surface area contributed by atoms with E-state index in [4.69, 9.17) is 28.9 Å². The third-order valence-electron chi connectivity index (χ3n) is 3.40. The van der Waals surface area contributed by atoms with Crippen LogP contribution in [-0.2, 0) is 4.79 Å². The number of carbonyl (C=O) groups is 1. The molecular weight excluding hydrogens is 275 g/mol. The van der Waals surface area contributed by atoms with E-state index in [2.05, 4.69) is 15.3 Å². The number of aromatic nitrogens is 2. The number of nitrogens with two attached hydrogens (primary N) is 1. The summed E-state index contributed by atoms with van der Waals surface area (Å²) >= 11 is 11.7. The van der Waals surface area contributed by atoms with E-state index in [0.717, 1.165) is 19.3 Å². The summed E-state index contributed by atoms with van der Waals surface area (Å²) in [6.45, 7) is 0.521. The van der Waals surface area contributed by atoms with Gasteiger partial charge in [0.05, 0.1) is 0 Å². The monoisotopic (exact) mass is 288 g/mol. The number of nitrogens with one attached hydrogen (secondary N) is 1. The fraction of sp³-hybridized carbons (Fsp3) is 0.545. The van der Waals surface area contributed by atoms with Crippen LogP contribution >= 0.6 is 23.2 Å². The van der Waals surface area contributed by atoms with Crippen LogP contribution in [0.1, 0.15) is 25.7 Å². The average molecular weight is 289 g/mol. The van der Waals surface area contributed by atoms with Gasteiger partial charge in [-0.05, 0) is 24.8 Å². The van der Waals surface area contributed by atoms with E-state index >= 15 is 0 Å². The number of amides is 1. The Hall–Kier alpha value is -0.910. The maximum Gasteiger partial charge on any atom is 0.225 e. The number of hydrogen-bond acceptors (Lipinski definition) is 4. The molecule has 1 aliphatic carbocycles. The summed E-state index contributed by atoms with van der Waals surface area (Å²) in [5.74, 6) is -0.154. The predicted molar refractivity (Wildman–Crippen MR) is 70.6 cm³/mol. The van der Waals surface area contributed by atoms with Crippen molar-refractivity contribution in [1.29, 1.82) is 0 Å². The SMILES string of the molecule is NCC1(CC(=O)Nc2c(Cl)ncnc2Cl)CCC1. The van der Waals surface area contributed by atoms with Crippen LogP contribution in [0.2, 0.25) is 10.3 Å². The molecule has 0 aromatic carbocycles. The predicted octanol–water partition coefficient (Wildman–Crippen LogP) is 2.24. The molecule has 0 saturated heterocycles. The van der Waals surface area contributed by atoms with Crippen LogP contribution in [0.25, 0.3) is 0 Å². The maximum absolute atomic E-state index is 11.9. The van der Waals surface area contributed by atoms with E-state index in [1.54, 1.807) is 0 Å². The van der Waals surface area contributed by atoms with Gasteiger partial charge >= 0.3 is 0 Å². The quantitative estimate of drug-likeness (QED) is 0.833. The molecule has 18 heavy (non-hydrogen) atoms. The summed E-state index contributed by atoms with van der Waals surface area (Å²) in [5, 5.41) is 2.93. The van der Waals surface area contributed by atoms with Gasteiger partial charge in [-0.3, -0.25) is 4.79 Å². The third kappa shape index (κ3) is 2.74. The van der Waals surface area contributed by atoms with Gasteiger partial charge in [0.2, 0.25) is 5.91 Å². The van der Waals surface area contributed by atoms with Crippen molar-refractivity contribution in [1.82, 2.24) is 9.97 Å². The minimum atomic E-state index is -0.154. The molecule has 0 spiro atoms. The summed E-state index contributed by atoms with van der Waals surface area (Å²) in [5.41, 5.74) is 5.92. The molecule has 1 aliphatic rings. The molecule has 0 unspecified atom stereocenters. The lowest BCUT2D eigenvalue weighted by atomic mass is 9.66. The number of halogens is 2. The molecule has 0 bridgehead atoms. The van der Waals surface area contributed by atoms with Crippen LogP contribution in [0.4, 0.5) is 5.69 Å². The van der Waals surface area contributed by atoms with Gasteiger partial charge in [-0.2, -0.15) is 0 Å². The van der Waals surface area contributed by atoms with Crippen molar-refractivity contribution in [3.8, 4) is 0 Å². The molecular formula is C11H14Cl2N4O. The molecule has 1 aromatic heterocycles. The highest BCUT2D eigenvalue weighted by molar-refractivity contribution is 6.38. The second-order valence-corrected chi connectivity index (χ2v) is 5.33. The van der Waals surface area contributed by atoms with Gasteiger partial charge in [-0.25, -0.2) is 9.97 Å². The van der Waals surface area contributed by atoms with E-state index in [0.29, 0.717) is 13.0 Å². The summed E-state index contributed by atoms with van der Waals surface area (Å²) in [6.07, 6.45) is 4.73. The van der Waals surface area contributed by atoms with E-state index in [9.17, 15) is 4.79 Å². The highest BCUT2D eigenvalue weighted by atomic mass is 35.5. The van der Waals surface area contributed by atoms with Crippen LogP contribution in [0, 0.1) is 5.41 Å². The second-order valence-electron chi connectivity index (χ2n) is 4.61. The molecule has 98 valence electrons. The van der Waals surface area contributed by atoms with Crippen LogP contribution < -0.4 is 11.1 Å². The Morgan fingerprint density at radius 1 is 1.39 bits per heavy atom. The number of carbonyl (C=O) groups excluding carboxylic acids is 1. The van der Waals surface area contributed by atoms with Crippen molar-refractivity contribution in [3.05, 3.63) is 16.6 Å². The molecule has 1 heterocycles. The van der Waals surface area contributed by atoms with Gasteiger partial charge in [0.1, 0.15) is 12.0 Å². The fourth-order valence-corrected chi connectivity index (χ4v) is 2.51. The van der Waals surface area contributed by atoms with Crippen LogP contribution in [0.5, 0.6) is 0 Å². The van der Waals surface area contributed by atoms with Gasteiger partial charge in [-0.15, -0.1) is 0 Å². The highest BCUT2D eigenvalue weighted by Gasteiger charge is 2.37. The minimum Gasteiger partial charge on any atom is -0.330 e. The molecule has 0 radical (unpaired) electrons. The smallest absolute Gasteiger partial charge is 0.225 e. The number of hydrogen-bond donors (Lipinski definition) is 2. The molecule has 1 fully saturated rings. The van der Waals surface area contributed by atoms with Crippen LogP contribution in [0.15, 0.2) is 6.33 Å². The Kier molecular flexibility index (Phi) is 4.04. The van der Waals surface area contributed by atoms with Crippen molar-refractivity contribution < 1.29 is 4.79 Å². The van der Waals surface area contributed by atoms with Gasteiger partial charge in [0.25, 0.3) is 0 Å². The molecule has 0 aliphatic heterocycles. The summed E-state index contributed by atoms with van der Waals surface area (Å²) in [7, 11) is 0. The minimum absolute atomic E-state index is 0.0569. The normalized spacial score (nSPS) is 17.1. The summed E-state index contributed by atoms with van der Waals surface area (Å²) in [6, 6.07) is 0. The number of rotatable bonds is 4. The van der Waals surface area contributed by atoms with Crippen molar-refractivity contribution in [3.63, 3.8) is 0 Å². The molecule has 3 N–H and O–H groups in total. The first-order valence-corrected chi connectivity index (χ1v) is 6.48. The highest BCUT2D eigenvalue weighted by Crippen LogP contribution is 2.43. The van der Waals surface area contributed by atoms with Gasteiger partial charge in [-0.1, -0.05) is 29.6 Å². The van der Waals surface area contributed by atoms with E-state index in [1.165, 1.54) is 6.33 Å². The van der Waals surface area contributed by atoms with Crippen molar-refractivity contribution in [2.24, 2.45) is 11.1 Å². The average Bonchev–Trinajstić information content (AvgIpc) is 2.29. The van der Waals surface area contributed by atoms with Gasteiger partial charge in [0.15, 0.2) is 10.3 Å².